The number of aromatic carboxylic acids is 1. The van der Waals surface area contributed by atoms with Crippen molar-refractivity contribution in [1.82, 2.24) is 4.31 Å². The zero-order valence-corrected chi connectivity index (χ0v) is 12.6. The van der Waals surface area contributed by atoms with Gasteiger partial charge in [0.1, 0.15) is 4.90 Å². The highest BCUT2D eigenvalue weighted by molar-refractivity contribution is 7.89. The first-order valence-electron chi connectivity index (χ1n) is 6.29. The quantitative estimate of drug-likeness (QED) is 0.778. The number of carbonyl (C=O) groups is 1. The molecule has 1 aromatic carbocycles. The maximum Gasteiger partial charge on any atom is 0.335 e. The zero-order valence-electron chi connectivity index (χ0n) is 11.8. The molecular formula is C13H20N2O4S. The number of nitrogen functional groups attached to an aromatic ring is 1. The van der Waals surface area contributed by atoms with Gasteiger partial charge in [-0.05, 0) is 24.1 Å². The summed E-state index contributed by atoms with van der Waals surface area (Å²) < 4.78 is 26.0. The Morgan fingerprint density at radius 2 is 2.05 bits per heavy atom. The Morgan fingerprint density at radius 3 is 2.50 bits per heavy atom. The van der Waals surface area contributed by atoms with Gasteiger partial charge in [0.25, 0.3) is 0 Å². The van der Waals surface area contributed by atoms with Crippen LogP contribution in [0.3, 0.4) is 0 Å². The van der Waals surface area contributed by atoms with Crippen LogP contribution in [0.1, 0.15) is 30.6 Å². The molecule has 7 heteroatoms. The smallest absolute Gasteiger partial charge is 0.335 e. The number of nitrogens with two attached hydrogens (primary N) is 1. The summed E-state index contributed by atoms with van der Waals surface area (Å²) in [7, 11) is -2.21. The Hall–Kier alpha value is -1.60. The van der Waals surface area contributed by atoms with E-state index in [1.165, 1.54) is 23.5 Å². The number of benzene rings is 1. The van der Waals surface area contributed by atoms with E-state index in [0.29, 0.717) is 6.54 Å². The van der Waals surface area contributed by atoms with Gasteiger partial charge in [-0.3, -0.25) is 0 Å². The molecule has 0 aromatic heterocycles. The molecule has 1 atom stereocenters. The minimum absolute atomic E-state index is 0.0361. The van der Waals surface area contributed by atoms with Gasteiger partial charge in [0, 0.05) is 13.6 Å². The molecule has 0 aliphatic carbocycles. The number of carboxylic acids is 1. The lowest BCUT2D eigenvalue weighted by atomic mass is 10.1. The molecule has 0 aliphatic rings. The van der Waals surface area contributed by atoms with Crippen molar-refractivity contribution in [3.63, 3.8) is 0 Å². The molecule has 20 heavy (non-hydrogen) atoms. The van der Waals surface area contributed by atoms with Crippen molar-refractivity contribution in [3.8, 4) is 0 Å². The molecule has 1 unspecified atom stereocenters. The highest BCUT2D eigenvalue weighted by Crippen LogP contribution is 2.23. The lowest BCUT2D eigenvalue weighted by molar-refractivity contribution is 0.0697. The third kappa shape index (κ3) is 3.49. The topological polar surface area (TPSA) is 101 Å². The van der Waals surface area contributed by atoms with E-state index in [1.54, 1.807) is 0 Å². The molecule has 0 amide bonds. The van der Waals surface area contributed by atoms with E-state index >= 15 is 0 Å². The molecule has 0 fully saturated rings. The number of anilines is 1. The van der Waals surface area contributed by atoms with Crippen LogP contribution in [-0.4, -0.2) is 37.4 Å². The number of hydrogen-bond acceptors (Lipinski definition) is 4. The number of hydrogen-bond donors (Lipinski definition) is 2. The van der Waals surface area contributed by atoms with E-state index in [0.717, 1.165) is 12.5 Å². The Morgan fingerprint density at radius 1 is 1.45 bits per heavy atom. The fourth-order valence-corrected chi connectivity index (χ4v) is 3.13. The van der Waals surface area contributed by atoms with Crippen LogP contribution in [0.5, 0.6) is 0 Å². The third-order valence-corrected chi connectivity index (χ3v) is 5.11. The van der Waals surface area contributed by atoms with Crippen LogP contribution in [0, 0.1) is 5.92 Å². The monoisotopic (exact) mass is 300 g/mol. The van der Waals surface area contributed by atoms with Gasteiger partial charge in [-0.25, -0.2) is 17.5 Å². The molecule has 0 bridgehead atoms. The van der Waals surface area contributed by atoms with Crippen molar-refractivity contribution in [2.24, 2.45) is 5.92 Å². The SMILES string of the molecule is CCC(C)CN(C)S(=O)(=O)c1ccc(C(=O)O)cc1N. The molecule has 6 nitrogen and oxygen atoms in total. The fourth-order valence-electron chi connectivity index (χ4n) is 1.75. The summed E-state index contributed by atoms with van der Waals surface area (Å²) in [5.74, 6) is -0.914. The summed E-state index contributed by atoms with van der Waals surface area (Å²) in [4.78, 5) is 10.8. The molecule has 0 spiro atoms. The normalized spacial score (nSPS) is 13.4. The van der Waals surface area contributed by atoms with Crippen LogP contribution < -0.4 is 5.73 Å². The average molecular weight is 300 g/mol. The Labute approximate surface area is 119 Å². The van der Waals surface area contributed by atoms with E-state index in [-0.39, 0.29) is 22.1 Å². The number of sulfonamides is 1. The van der Waals surface area contributed by atoms with Crippen molar-refractivity contribution in [3.05, 3.63) is 23.8 Å². The second-order valence-corrected chi connectivity index (χ2v) is 6.87. The van der Waals surface area contributed by atoms with Crippen LogP contribution in [0.15, 0.2) is 23.1 Å². The first-order valence-corrected chi connectivity index (χ1v) is 7.73. The summed E-state index contributed by atoms with van der Waals surface area (Å²) in [6.07, 6.45) is 0.868. The van der Waals surface area contributed by atoms with E-state index in [2.05, 4.69) is 0 Å². The standard InChI is InChI=1S/C13H20N2O4S/c1-4-9(2)8-15(3)20(18,19)12-6-5-10(13(16)17)7-11(12)14/h5-7,9H,4,8,14H2,1-3H3,(H,16,17). The Kier molecular flexibility index (Phi) is 5.13. The molecule has 0 heterocycles. The maximum absolute atomic E-state index is 12.4. The van der Waals surface area contributed by atoms with Gasteiger partial charge >= 0.3 is 5.97 Å². The minimum atomic E-state index is -3.70. The lowest BCUT2D eigenvalue weighted by Gasteiger charge is -2.21. The summed E-state index contributed by atoms with van der Waals surface area (Å²) in [6, 6.07) is 3.64. The fraction of sp³-hybridized carbons (Fsp3) is 0.462. The molecule has 0 saturated carbocycles. The predicted octanol–water partition coefficient (Wildman–Crippen LogP) is 1.63. The van der Waals surface area contributed by atoms with E-state index in [4.69, 9.17) is 10.8 Å². The average Bonchev–Trinajstić information content (AvgIpc) is 2.37. The summed E-state index contributed by atoms with van der Waals surface area (Å²) in [6.45, 7) is 4.34. The molecule has 0 radical (unpaired) electrons. The van der Waals surface area contributed by atoms with Gasteiger partial charge in [0.2, 0.25) is 10.0 Å². The van der Waals surface area contributed by atoms with Crippen molar-refractivity contribution in [2.45, 2.75) is 25.2 Å². The van der Waals surface area contributed by atoms with Crippen molar-refractivity contribution in [1.29, 1.82) is 0 Å². The second kappa shape index (κ2) is 6.23. The van der Waals surface area contributed by atoms with Crippen molar-refractivity contribution >= 4 is 21.7 Å². The molecular weight excluding hydrogens is 280 g/mol. The van der Waals surface area contributed by atoms with Gasteiger partial charge < -0.3 is 10.8 Å². The summed E-state index contributed by atoms with van der Waals surface area (Å²) in [5, 5.41) is 8.85. The van der Waals surface area contributed by atoms with Gasteiger partial charge in [-0.1, -0.05) is 20.3 Å². The molecule has 0 aliphatic heterocycles. The lowest BCUT2D eigenvalue weighted by Crippen LogP contribution is -2.31. The first-order chi connectivity index (χ1) is 9.20. The van der Waals surface area contributed by atoms with Gasteiger partial charge in [-0.15, -0.1) is 0 Å². The molecule has 0 saturated heterocycles. The van der Waals surface area contributed by atoms with E-state index in [9.17, 15) is 13.2 Å². The zero-order chi connectivity index (χ0) is 15.5. The predicted molar refractivity (Wildman–Crippen MR) is 77.1 cm³/mol. The van der Waals surface area contributed by atoms with Crippen LogP contribution >= 0.6 is 0 Å². The van der Waals surface area contributed by atoms with Crippen LogP contribution in [0.25, 0.3) is 0 Å². The summed E-state index contributed by atoms with van der Waals surface area (Å²) >= 11 is 0. The second-order valence-electron chi connectivity index (χ2n) is 4.86. The number of nitrogens with zero attached hydrogens (tertiary/aromatic N) is 1. The molecule has 1 rings (SSSR count). The van der Waals surface area contributed by atoms with Gasteiger partial charge in [0.15, 0.2) is 0 Å². The molecule has 112 valence electrons. The highest BCUT2D eigenvalue weighted by Gasteiger charge is 2.24. The summed E-state index contributed by atoms with van der Waals surface area (Å²) in [5.41, 5.74) is 5.59. The van der Waals surface area contributed by atoms with E-state index in [1.807, 2.05) is 13.8 Å². The van der Waals surface area contributed by atoms with Crippen LogP contribution in [0.2, 0.25) is 0 Å². The number of carboxylic acid groups (broad SMARTS) is 1. The van der Waals surface area contributed by atoms with Gasteiger partial charge in [-0.2, -0.15) is 0 Å². The highest BCUT2D eigenvalue weighted by atomic mass is 32.2. The third-order valence-electron chi connectivity index (χ3n) is 3.21. The largest absolute Gasteiger partial charge is 0.478 e. The Bertz CT molecular complexity index is 598. The van der Waals surface area contributed by atoms with Gasteiger partial charge in [0.05, 0.1) is 11.3 Å². The maximum atomic E-state index is 12.4. The number of rotatable bonds is 6. The van der Waals surface area contributed by atoms with E-state index < -0.39 is 16.0 Å². The molecule has 1 aromatic rings. The minimum Gasteiger partial charge on any atom is -0.478 e. The molecule has 3 N–H and O–H groups in total. The Balaban J connectivity index is 3.13. The van der Waals surface area contributed by atoms with Crippen LogP contribution in [-0.2, 0) is 10.0 Å². The van der Waals surface area contributed by atoms with Crippen LogP contribution in [0.4, 0.5) is 5.69 Å². The van der Waals surface area contributed by atoms with Crippen molar-refractivity contribution in [2.75, 3.05) is 19.3 Å². The first kappa shape index (κ1) is 16.5. The van der Waals surface area contributed by atoms with Crippen molar-refractivity contribution < 1.29 is 18.3 Å².